The van der Waals surface area contributed by atoms with Gasteiger partial charge in [0.15, 0.2) is 23.9 Å². The van der Waals surface area contributed by atoms with Gasteiger partial charge in [-0.15, -0.1) is 0 Å². The molecular formula is C27H30O15. The van der Waals surface area contributed by atoms with Crippen LogP contribution in [0.2, 0.25) is 0 Å². The van der Waals surface area contributed by atoms with Crippen LogP contribution in [0.25, 0.3) is 22.1 Å². The average Bonchev–Trinajstić information content (AvgIpc) is 2.97. The number of benzene rings is 2. The lowest BCUT2D eigenvalue weighted by atomic mass is 9.97. The lowest BCUT2D eigenvalue weighted by molar-refractivity contribution is -0.354. The highest BCUT2D eigenvalue weighted by atomic mass is 16.8. The molecule has 3 aromatic rings. The summed E-state index contributed by atoms with van der Waals surface area (Å²) in [4.78, 5) is 13.2. The first kappa shape index (κ1) is 30.0. The molecule has 0 amide bonds. The minimum Gasteiger partial charge on any atom is -0.504 e. The molecule has 0 radical (unpaired) electrons. The second-order valence-corrected chi connectivity index (χ2v) is 10.1. The van der Waals surface area contributed by atoms with Crippen LogP contribution in [0.15, 0.2) is 45.8 Å². The molecule has 42 heavy (non-hydrogen) atoms. The first-order valence-electron chi connectivity index (χ1n) is 12.9. The van der Waals surface area contributed by atoms with E-state index in [2.05, 4.69) is 0 Å². The Morgan fingerprint density at radius 1 is 0.810 bits per heavy atom. The summed E-state index contributed by atoms with van der Waals surface area (Å²) in [7, 11) is 0. The zero-order valence-electron chi connectivity index (χ0n) is 21.9. The number of phenols is 3. The maximum absolute atomic E-state index is 13.2. The molecular weight excluding hydrogens is 564 g/mol. The number of fused-ring (bicyclic) bond motifs is 1. The normalized spacial score (nSPS) is 33.5. The van der Waals surface area contributed by atoms with Crippen LogP contribution < -0.4 is 10.2 Å². The Morgan fingerprint density at radius 2 is 1.55 bits per heavy atom. The number of aliphatic hydroxyl groups excluding tert-OH is 6. The monoisotopic (exact) mass is 594 g/mol. The Kier molecular flexibility index (Phi) is 8.30. The molecule has 3 heterocycles. The van der Waals surface area contributed by atoms with Gasteiger partial charge in [0.25, 0.3) is 0 Å². The molecule has 228 valence electrons. The Bertz CT molecular complexity index is 1490. The summed E-state index contributed by atoms with van der Waals surface area (Å²) >= 11 is 0. The van der Waals surface area contributed by atoms with Crippen molar-refractivity contribution in [2.24, 2.45) is 0 Å². The van der Waals surface area contributed by atoms with Crippen LogP contribution in [0.3, 0.4) is 0 Å². The lowest BCUT2D eigenvalue weighted by Gasteiger charge is -2.45. The van der Waals surface area contributed by atoms with E-state index in [4.69, 9.17) is 23.4 Å². The predicted molar refractivity (Wildman–Crippen MR) is 139 cm³/mol. The van der Waals surface area contributed by atoms with E-state index >= 15 is 0 Å². The van der Waals surface area contributed by atoms with Crippen LogP contribution >= 0.6 is 0 Å². The van der Waals surface area contributed by atoms with Crippen LogP contribution in [-0.4, -0.2) is 114 Å². The van der Waals surface area contributed by atoms with Crippen molar-refractivity contribution in [1.82, 2.24) is 0 Å². The molecule has 0 saturated carbocycles. The molecule has 2 aliphatic heterocycles. The fourth-order valence-electron chi connectivity index (χ4n) is 4.87. The Hall–Kier alpha value is -3.51. The van der Waals surface area contributed by atoms with E-state index in [9.17, 15) is 50.8 Å². The van der Waals surface area contributed by atoms with Gasteiger partial charge in [0.2, 0.25) is 17.5 Å². The molecule has 2 fully saturated rings. The van der Waals surface area contributed by atoms with Gasteiger partial charge in [-0.25, -0.2) is 0 Å². The Morgan fingerprint density at radius 3 is 2.26 bits per heavy atom. The predicted octanol–water partition coefficient (Wildman–Crippen LogP) is -1.39. The van der Waals surface area contributed by atoms with Crippen molar-refractivity contribution >= 4 is 11.0 Å². The highest BCUT2D eigenvalue weighted by molar-refractivity contribution is 5.84. The van der Waals surface area contributed by atoms with Crippen molar-refractivity contribution in [1.29, 1.82) is 0 Å². The number of hydrogen-bond donors (Lipinski definition) is 9. The van der Waals surface area contributed by atoms with E-state index in [1.165, 1.54) is 31.2 Å². The molecule has 0 spiro atoms. The third-order valence-corrected chi connectivity index (χ3v) is 7.34. The first-order chi connectivity index (χ1) is 19.9. The van der Waals surface area contributed by atoms with Crippen molar-refractivity contribution in [3.8, 4) is 34.1 Å². The van der Waals surface area contributed by atoms with Gasteiger partial charge in [0.05, 0.1) is 23.7 Å². The van der Waals surface area contributed by atoms with E-state index < -0.39 is 90.7 Å². The molecule has 0 aliphatic carbocycles. The molecule has 5 rings (SSSR count). The van der Waals surface area contributed by atoms with Gasteiger partial charge in [-0.2, -0.15) is 0 Å². The van der Waals surface area contributed by atoms with E-state index in [1.807, 2.05) is 0 Å². The fourth-order valence-corrected chi connectivity index (χ4v) is 4.87. The van der Waals surface area contributed by atoms with Gasteiger partial charge < -0.3 is 69.3 Å². The summed E-state index contributed by atoms with van der Waals surface area (Å²) in [6.45, 7) is 0.721. The Labute approximate surface area is 236 Å². The standard InChI is InChI=1S/C27H30O15/c1-9-17(30)22(35)24(37)26(39-9)42-25-23(36)21(34)16(7-28)41-27(25)40-10-2-3-12-15(6-10)38-8-13(18(12)31)11-4-5-14(29)20(33)19(11)32/h2-6,8-9,16-17,21-30,32-37H,7H2,1H3. The maximum atomic E-state index is 13.2. The maximum Gasteiger partial charge on any atom is 0.229 e. The number of ether oxygens (including phenoxy) is 4. The van der Waals surface area contributed by atoms with Crippen LogP contribution in [0.4, 0.5) is 0 Å². The molecule has 2 aliphatic rings. The Balaban J connectivity index is 1.43. The van der Waals surface area contributed by atoms with Gasteiger partial charge in [0, 0.05) is 11.6 Å². The highest BCUT2D eigenvalue weighted by Crippen LogP contribution is 2.41. The summed E-state index contributed by atoms with van der Waals surface area (Å²) in [6, 6.07) is 6.30. The number of phenolic OH excluding ortho intramolecular Hbond substituents is 3. The third kappa shape index (κ3) is 5.26. The van der Waals surface area contributed by atoms with Gasteiger partial charge in [0.1, 0.15) is 54.2 Å². The molecule has 1 aromatic heterocycles. The zero-order valence-corrected chi connectivity index (χ0v) is 21.9. The van der Waals surface area contributed by atoms with Crippen molar-refractivity contribution in [2.45, 2.75) is 68.3 Å². The molecule has 2 aromatic carbocycles. The molecule has 15 nitrogen and oxygen atoms in total. The molecule has 2 saturated heterocycles. The van der Waals surface area contributed by atoms with Gasteiger partial charge >= 0.3 is 0 Å². The molecule has 0 bridgehead atoms. The summed E-state index contributed by atoms with van der Waals surface area (Å²) < 4.78 is 28.1. The molecule has 10 unspecified atom stereocenters. The summed E-state index contributed by atoms with van der Waals surface area (Å²) in [5, 5.41) is 90.9. The lowest BCUT2D eigenvalue weighted by Crippen LogP contribution is -2.64. The molecule has 10 atom stereocenters. The highest BCUT2D eigenvalue weighted by Gasteiger charge is 2.50. The topological polar surface area (TPSA) is 249 Å². The summed E-state index contributed by atoms with van der Waals surface area (Å²) in [6.07, 6.45) is -14.1. The van der Waals surface area contributed by atoms with Crippen LogP contribution in [0.5, 0.6) is 23.0 Å². The minimum absolute atomic E-state index is 0.0216. The zero-order chi connectivity index (χ0) is 30.5. The smallest absolute Gasteiger partial charge is 0.229 e. The van der Waals surface area contributed by atoms with Crippen molar-refractivity contribution < 1.29 is 69.3 Å². The fraction of sp³-hybridized carbons (Fsp3) is 0.444. The quantitative estimate of drug-likeness (QED) is 0.149. The average molecular weight is 595 g/mol. The van der Waals surface area contributed by atoms with Gasteiger partial charge in [-0.1, -0.05) is 0 Å². The van der Waals surface area contributed by atoms with Gasteiger partial charge in [-0.05, 0) is 31.2 Å². The van der Waals surface area contributed by atoms with E-state index in [1.54, 1.807) is 0 Å². The van der Waals surface area contributed by atoms with Crippen LogP contribution in [0, 0.1) is 0 Å². The molecule has 15 heteroatoms. The first-order valence-corrected chi connectivity index (χ1v) is 12.9. The van der Waals surface area contributed by atoms with E-state index in [0.29, 0.717) is 0 Å². The van der Waals surface area contributed by atoms with Gasteiger partial charge in [-0.3, -0.25) is 4.79 Å². The number of aliphatic hydroxyl groups is 6. The number of aromatic hydroxyl groups is 3. The summed E-state index contributed by atoms with van der Waals surface area (Å²) in [5.74, 6) is -2.08. The van der Waals surface area contributed by atoms with Crippen LogP contribution in [-0.2, 0) is 14.2 Å². The second-order valence-electron chi connectivity index (χ2n) is 10.1. The number of hydrogen-bond acceptors (Lipinski definition) is 15. The van der Waals surface area contributed by atoms with Crippen molar-refractivity contribution in [3.63, 3.8) is 0 Å². The minimum atomic E-state index is -1.74. The second kappa shape index (κ2) is 11.6. The third-order valence-electron chi connectivity index (χ3n) is 7.34. The van der Waals surface area contributed by atoms with Crippen molar-refractivity contribution in [2.75, 3.05) is 6.61 Å². The van der Waals surface area contributed by atoms with Crippen LogP contribution in [0.1, 0.15) is 6.92 Å². The number of rotatable bonds is 6. The SMILES string of the molecule is CC1OC(OC2C(Oc3ccc4c(=O)c(-c5ccc(O)c(O)c5O)coc4c3)OC(CO)C(O)C2O)C(O)C(O)C1O. The largest absolute Gasteiger partial charge is 0.504 e. The van der Waals surface area contributed by atoms with Crippen molar-refractivity contribution in [3.05, 3.63) is 46.8 Å². The molecule has 9 N–H and O–H groups in total. The summed E-state index contributed by atoms with van der Waals surface area (Å²) in [5.41, 5.74) is -0.758. The van der Waals surface area contributed by atoms with E-state index in [-0.39, 0.29) is 27.8 Å². The van der Waals surface area contributed by atoms with E-state index in [0.717, 1.165) is 12.3 Å².